The van der Waals surface area contributed by atoms with Crippen molar-refractivity contribution in [3.63, 3.8) is 0 Å². The van der Waals surface area contributed by atoms with Gasteiger partial charge in [0.15, 0.2) is 17.5 Å². The van der Waals surface area contributed by atoms with Crippen molar-refractivity contribution in [2.45, 2.75) is 19.9 Å². The van der Waals surface area contributed by atoms with E-state index in [1.807, 2.05) is 56.6 Å². The predicted octanol–water partition coefficient (Wildman–Crippen LogP) is 3.93. The van der Waals surface area contributed by atoms with Crippen LogP contribution in [-0.4, -0.2) is 56.3 Å². The number of benzene rings is 1. The van der Waals surface area contributed by atoms with Crippen molar-refractivity contribution >= 4 is 29.9 Å². The number of nitrogens with zero attached hydrogens (tertiary/aromatic N) is 3. The molecule has 2 heterocycles. The highest BCUT2D eigenvalue weighted by molar-refractivity contribution is 14.0. The van der Waals surface area contributed by atoms with E-state index in [1.54, 1.807) is 7.11 Å². The molecule has 0 spiro atoms. The highest BCUT2D eigenvalue weighted by Crippen LogP contribution is 2.30. The molecule has 1 fully saturated rings. The summed E-state index contributed by atoms with van der Waals surface area (Å²) in [5.74, 6) is 3.38. The van der Waals surface area contributed by atoms with Gasteiger partial charge in [-0.2, -0.15) is 0 Å². The second-order valence-corrected chi connectivity index (χ2v) is 6.94. The zero-order valence-corrected chi connectivity index (χ0v) is 20.2. The molecular weight excluding hydrogens is 495 g/mol. The highest BCUT2D eigenvalue weighted by atomic mass is 127. The number of aromatic nitrogens is 1. The molecule has 1 aromatic carbocycles. The van der Waals surface area contributed by atoms with E-state index in [0.717, 1.165) is 37.6 Å². The number of aliphatic imine (C=N–C) groups is 1. The summed E-state index contributed by atoms with van der Waals surface area (Å²) in [6, 6.07) is 11.5. The van der Waals surface area contributed by atoms with E-state index >= 15 is 0 Å². The maximum atomic E-state index is 5.88. The number of guanidine groups is 1. The lowest BCUT2D eigenvalue weighted by molar-refractivity contribution is 0.157. The third-order valence-corrected chi connectivity index (χ3v) is 4.81. The van der Waals surface area contributed by atoms with E-state index in [9.17, 15) is 0 Å². The summed E-state index contributed by atoms with van der Waals surface area (Å²) in [4.78, 5) is 11.1. The summed E-state index contributed by atoms with van der Waals surface area (Å²) >= 11 is 0. The first-order valence-electron chi connectivity index (χ1n) is 10.0. The van der Waals surface area contributed by atoms with Crippen molar-refractivity contribution in [2.75, 3.05) is 40.5 Å². The molecule has 1 saturated heterocycles. The predicted molar refractivity (Wildman–Crippen MR) is 129 cm³/mol. The molecule has 2 aromatic rings. The molecule has 1 atom stereocenters. The van der Waals surface area contributed by atoms with Crippen LogP contribution in [0.15, 0.2) is 47.6 Å². The molecule has 1 unspecified atom stereocenters. The number of ether oxygens (including phenoxy) is 3. The number of pyridine rings is 1. The number of methoxy groups -OCH3 is 1. The molecule has 0 radical (unpaired) electrons. The quantitative estimate of drug-likeness (QED) is 0.320. The monoisotopic (exact) mass is 526 g/mol. The van der Waals surface area contributed by atoms with Crippen LogP contribution in [0.25, 0.3) is 0 Å². The first kappa shape index (κ1) is 24.2. The summed E-state index contributed by atoms with van der Waals surface area (Å²) in [7, 11) is 3.57. The van der Waals surface area contributed by atoms with Crippen LogP contribution in [0.4, 0.5) is 0 Å². The van der Waals surface area contributed by atoms with Gasteiger partial charge in [-0.1, -0.05) is 18.2 Å². The van der Waals surface area contributed by atoms with Crippen LogP contribution in [0, 0.1) is 5.92 Å². The Balaban J connectivity index is 0.00000320. The van der Waals surface area contributed by atoms with E-state index in [1.165, 1.54) is 0 Å². The molecule has 1 aliphatic heterocycles. The fourth-order valence-corrected chi connectivity index (χ4v) is 3.41. The van der Waals surface area contributed by atoms with Crippen molar-refractivity contribution in [3.8, 4) is 17.4 Å². The first-order chi connectivity index (χ1) is 14.2. The van der Waals surface area contributed by atoms with Gasteiger partial charge < -0.3 is 24.4 Å². The van der Waals surface area contributed by atoms with Gasteiger partial charge in [-0.3, -0.25) is 4.99 Å². The number of likely N-dealkylation sites (tertiary alicyclic amines) is 1. The zero-order chi connectivity index (χ0) is 20.5. The van der Waals surface area contributed by atoms with Crippen LogP contribution < -0.4 is 14.8 Å². The van der Waals surface area contributed by atoms with Crippen LogP contribution in [0.3, 0.4) is 0 Å². The molecule has 3 rings (SSSR count). The number of halogens is 1. The minimum absolute atomic E-state index is 0. The number of hydrogen-bond donors (Lipinski definition) is 1. The fraction of sp³-hybridized carbons (Fsp3) is 0.455. The summed E-state index contributed by atoms with van der Waals surface area (Å²) < 4.78 is 16.7. The molecule has 1 aliphatic rings. The summed E-state index contributed by atoms with van der Waals surface area (Å²) in [6.07, 6.45) is 2.95. The number of rotatable bonds is 8. The molecule has 8 heteroatoms. The zero-order valence-electron chi connectivity index (χ0n) is 17.8. The SMILES string of the molecule is CCOc1ccccc1Oc1ccc(CNC(=NC)N2CCC(COC)C2)cn1.I. The van der Waals surface area contributed by atoms with Gasteiger partial charge in [-0.15, -0.1) is 24.0 Å². The third-order valence-electron chi connectivity index (χ3n) is 4.81. The molecule has 30 heavy (non-hydrogen) atoms. The average Bonchev–Trinajstić information content (AvgIpc) is 3.20. The fourth-order valence-electron chi connectivity index (χ4n) is 3.41. The molecular formula is C22H31IN4O3. The molecule has 7 nitrogen and oxygen atoms in total. The summed E-state index contributed by atoms with van der Waals surface area (Å²) in [6.45, 7) is 5.95. The second kappa shape index (κ2) is 12.6. The second-order valence-electron chi connectivity index (χ2n) is 6.94. The van der Waals surface area contributed by atoms with Crippen LogP contribution >= 0.6 is 24.0 Å². The maximum absolute atomic E-state index is 5.88. The number of para-hydroxylation sites is 2. The van der Waals surface area contributed by atoms with E-state index in [-0.39, 0.29) is 24.0 Å². The van der Waals surface area contributed by atoms with Gasteiger partial charge in [0.05, 0.1) is 13.2 Å². The van der Waals surface area contributed by atoms with Crippen LogP contribution in [-0.2, 0) is 11.3 Å². The lowest BCUT2D eigenvalue weighted by Gasteiger charge is -2.21. The van der Waals surface area contributed by atoms with E-state index in [2.05, 4.69) is 20.2 Å². The Morgan fingerprint density at radius 3 is 2.70 bits per heavy atom. The van der Waals surface area contributed by atoms with Crippen molar-refractivity contribution in [2.24, 2.45) is 10.9 Å². The van der Waals surface area contributed by atoms with Crippen molar-refractivity contribution in [1.29, 1.82) is 0 Å². The van der Waals surface area contributed by atoms with Crippen LogP contribution in [0.2, 0.25) is 0 Å². The van der Waals surface area contributed by atoms with Crippen LogP contribution in [0.1, 0.15) is 18.9 Å². The van der Waals surface area contributed by atoms with Crippen molar-refractivity contribution in [3.05, 3.63) is 48.2 Å². The standard InChI is InChI=1S/C22H30N4O3.HI/c1-4-28-19-7-5-6-8-20(19)29-21-10-9-17(13-24-21)14-25-22(23-2)26-12-11-18(15-26)16-27-3;/h5-10,13,18H,4,11-12,14-16H2,1-3H3,(H,23,25);1H. The highest BCUT2D eigenvalue weighted by Gasteiger charge is 2.24. The topological polar surface area (TPSA) is 68.2 Å². The average molecular weight is 526 g/mol. The van der Waals surface area contributed by atoms with Gasteiger partial charge in [-0.25, -0.2) is 4.98 Å². The summed E-state index contributed by atoms with van der Waals surface area (Å²) in [5.41, 5.74) is 1.06. The molecule has 1 N–H and O–H groups in total. The van der Waals surface area contributed by atoms with Gasteiger partial charge in [0.25, 0.3) is 0 Å². The van der Waals surface area contributed by atoms with Crippen molar-refractivity contribution < 1.29 is 14.2 Å². The normalized spacial score (nSPS) is 16.2. The molecule has 0 bridgehead atoms. The van der Waals surface area contributed by atoms with E-state index in [0.29, 0.717) is 36.4 Å². The molecule has 0 saturated carbocycles. The van der Waals surface area contributed by atoms with Gasteiger partial charge in [0.1, 0.15) is 0 Å². The molecule has 0 aliphatic carbocycles. The Morgan fingerprint density at radius 1 is 1.23 bits per heavy atom. The Kier molecular flexibility index (Phi) is 10.2. The molecule has 164 valence electrons. The van der Waals surface area contributed by atoms with E-state index in [4.69, 9.17) is 14.2 Å². The lowest BCUT2D eigenvalue weighted by atomic mass is 10.1. The lowest BCUT2D eigenvalue weighted by Crippen LogP contribution is -2.39. The van der Waals surface area contributed by atoms with Gasteiger partial charge in [-0.05, 0) is 31.0 Å². The van der Waals surface area contributed by atoms with Gasteiger partial charge in [0, 0.05) is 52.0 Å². The number of hydrogen-bond acceptors (Lipinski definition) is 5. The Hall–Kier alpha value is -2.07. The smallest absolute Gasteiger partial charge is 0.219 e. The Bertz CT molecular complexity index is 801. The first-order valence-corrected chi connectivity index (χ1v) is 10.0. The third kappa shape index (κ3) is 6.73. The van der Waals surface area contributed by atoms with Gasteiger partial charge in [0.2, 0.25) is 5.88 Å². The summed E-state index contributed by atoms with van der Waals surface area (Å²) in [5, 5.41) is 3.42. The van der Waals surface area contributed by atoms with Gasteiger partial charge >= 0.3 is 0 Å². The maximum Gasteiger partial charge on any atom is 0.219 e. The minimum atomic E-state index is 0. The van der Waals surface area contributed by atoms with Crippen molar-refractivity contribution in [1.82, 2.24) is 15.2 Å². The molecule has 0 amide bonds. The molecule has 1 aromatic heterocycles. The Morgan fingerprint density at radius 2 is 2.03 bits per heavy atom. The number of nitrogens with one attached hydrogen (secondary N) is 1. The van der Waals surface area contributed by atoms with Crippen LogP contribution in [0.5, 0.6) is 17.4 Å². The largest absolute Gasteiger partial charge is 0.490 e. The van der Waals surface area contributed by atoms with E-state index < -0.39 is 0 Å². The minimum Gasteiger partial charge on any atom is -0.490 e. The Labute approximate surface area is 195 Å².